The lowest BCUT2D eigenvalue weighted by Gasteiger charge is -2.10. The first-order chi connectivity index (χ1) is 8.97. The van der Waals surface area contributed by atoms with Crippen LogP contribution in [0.5, 0.6) is 0 Å². The van der Waals surface area contributed by atoms with Gasteiger partial charge in [-0.05, 0) is 71.2 Å². The zero-order valence-corrected chi connectivity index (χ0v) is 12.4. The molecule has 2 rings (SSSR count). The molecule has 2 aromatic rings. The summed E-state index contributed by atoms with van der Waals surface area (Å²) < 4.78 is 0.790. The summed E-state index contributed by atoms with van der Waals surface area (Å²) in [6.45, 7) is 3.90. The molecule has 0 unspecified atom stereocenters. The van der Waals surface area contributed by atoms with Gasteiger partial charge in [-0.15, -0.1) is 0 Å². The van der Waals surface area contributed by atoms with Crippen LogP contribution in [-0.2, 0) is 0 Å². The highest BCUT2D eigenvalue weighted by Gasteiger charge is 2.11. The minimum Gasteiger partial charge on any atom is -0.399 e. The Morgan fingerprint density at radius 3 is 2.53 bits per heavy atom. The predicted octanol–water partition coefficient (Wildman–Crippen LogP) is 3.90. The molecule has 0 aliphatic carbocycles. The van der Waals surface area contributed by atoms with Crippen LogP contribution in [0.3, 0.4) is 0 Å². The Kier molecular flexibility index (Phi) is 3.90. The van der Waals surface area contributed by atoms with Gasteiger partial charge in [-0.2, -0.15) is 0 Å². The molecule has 0 atom stereocenters. The molecule has 0 aliphatic rings. The lowest BCUT2D eigenvalue weighted by molar-refractivity contribution is 0.102. The van der Waals surface area contributed by atoms with Crippen molar-refractivity contribution >= 4 is 33.2 Å². The number of aryl methyl sites for hydroxylation is 2. The van der Waals surface area contributed by atoms with E-state index >= 15 is 0 Å². The summed E-state index contributed by atoms with van der Waals surface area (Å²) in [5.74, 6) is -0.139. The molecule has 0 heterocycles. The minimum atomic E-state index is -0.139. The Hall–Kier alpha value is -1.81. The third-order valence-corrected chi connectivity index (χ3v) is 3.52. The highest BCUT2D eigenvalue weighted by molar-refractivity contribution is 9.10. The fourth-order valence-electron chi connectivity index (χ4n) is 1.82. The second-order valence-electron chi connectivity index (χ2n) is 4.51. The maximum Gasteiger partial charge on any atom is 0.256 e. The van der Waals surface area contributed by atoms with E-state index in [0.29, 0.717) is 11.3 Å². The van der Waals surface area contributed by atoms with E-state index in [1.165, 1.54) is 0 Å². The van der Waals surface area contributed by atoms with Gasteiger partial charge < -0.3 is 11.1 Å². The number of rotatable bonds is 2. The van der Waals surface area contributed by atoms with Gasteiger partial charge in [0.1, 0.15) is 0 Å². The molecule has 3 N–H and O–H groups in total. The molecule has 0 saturated carbocycles. The number of hydrogen-bond donors (Lipinski definition) is 2. The lowest BCUT2D eigenvalue weighted by Crippen LogP contribution is -2.13. The first-order valence-corrected chi connectivity index (χ1v) is 6.70. The quantitative estimate of drug-likeness (QED) is 0.825. The molecule has 98 valence electrons. The summed E-state index contributed by atoms with van der Waals surface area (Å²) in [5.41, 5.74) is 9.80. The molecule has 0 bridgehead atoms. The Balaban J connectivity index is 2.25. The number of carbonyl (C=O) groups excluding carboxylic acids is 1. The lowest BCUT2D eigenvalue weighted by atomic mass is 10.1. The topological polar surface area (TPSA) is 55.1 Å². The molecule has 0 saturated heterocycles. The zero-order chi connectivity index (χ0) is 14.0. The molecule has 2 aromatic carbocycles. The second-order valence-corrected chi connectivity index (χ2v) is 5.37. The number of halogens is 1. The normalized spacial score (nSPS) is 10.3. The van der Waals surface area contributed by atoms with Crippen molar-refractivity contribution in [3.8, 4) is 0 Å². The first-order valence-electron chi connectivity index (χ1n) is 5.91. The molecular formula is C15H15BrN2O. The van der Waals surface area contributed by atoms with Gasteiger partial charge in [0.2, 0.25) is 0 Å². The van der Waals surface area contributed by atoms with Gasteiger partial charge in [-0.25, -0.2) is 0 Å². The fourth-order valence-corrected chi connectivity index (χ4v) is 2.49. The van der Waals surface area contributed by atoms with Crippen LogP contribution in [0.1, 0.15) is 21.5 Å². The number of anilines is 2. The number of benzene rings is 2. The highest BCUT2D eigenvalue weighted by Crippen LogP contribution is 2.22. The van der Waals surface area contributed by atoms with Crippen LogP contribution in [-0.4, -0.2) is 5.91 Å². The molecule has 0 radical (unpaired) electrons. The SMILES string of the molecule is Cc1ccc(C(=O)Nc2ccc(N)cc2C)c(Br)c1. The molecule has 0 aliphatic heterocycles. The standard InChI is InChI=1S/C15H15BrN2O/c1-9-3-5-12(13(16)7-9)15(19)18-14-6-4-11(17)8-10(14)2/h3-8H,17H2,1-2H3,(H,18,19). The van der Waals surface area contributed by atoms with Crippen molar-refractivity contribution in [3.05, 3.63) is 57.6 Å². The largest absolute Gasteiger partial charge is 0.399 e. The summed E-state index contributed by atoms with van der Waals surface area (Å²) in [5, 5.41) is 2.89. The van der Waals surface area contributed by atoms with E-state index in [2.05, 4.69) is 21.2 Å². The van der Waals surface area contributed by atoms with E-state index in [0.717, 1.165) is 21.3 Å². The Labute approximate surface area is 121 Å². The third-order valence-electron chi connectivity index (χ3n) is 2.87. The summed E-state index contributed by atoms with van der Waals surface area (Å²) in [6, 6.07) is 11.1. The van der Waals surface area contributed by atoms with Crippen molar-refractivity contribution in [1.82, 2.24) is 0 Å². The molecule has 3 nitrogen and oxygen atoms in total. The van der Waals surface area contributed by atoms with E-state index < -0.39 is 0 Å². The van der Waals surface area contributed by atoms with Gasteiger partial charge >= 0.3 is 0 Å². The van der Waals surface area contributed by atoms with Gasteiger partial charge in [0.25, 0.3) is 5.91 Å². The van der Waals surface area contributed by atoms with E-state index in [1.807, 2.05) is 38.1 Å². The van der Waals surface area contributed by atoms with Crippen molar-refractivity contribution < 1.29 is 4.79 Å². The monoisotopic (exact) mass is 318 g/mol. The average Bonchev–Trinajstić information content (AvgIpc) is 2.32. The number of nitrogens with two attached hydrogens (primary N) is 1. The average molecular weight is 319 g/mol. The number of nitrogens with one attached hydrogen (secondary N) is 1. The number of amides is 1. The van der Waals surface area contributed by atoms with Crippen LogP contribution in [0, 0.1) is 13.8 Å². The third kappa shape index (κ3) is 3.15. The van der Waals surface area contributed by atoms with Crippen LogP contribution in [0.25, 0.3) is 0 Å². The number of hydrogen-bond acceptors (Lipinski definition) is 2. The van der Waals surface area contributed by atoms with Crippen LogP contribution in [0.4, 0.5) is 11.4 Å². The maximum absolute atomic E-state index is 12.2. The van der Waals surface area contributed by atoms with Crippen molar-refractivity contribution in [2.45, 2.75) is 13.8 Å². The first kappa shape index (κ1) is 13.6. The van der Waals surface area contributed by atoms with E-state index in [9.17, 15) is 4.79 Å². The summed E-state index contributed by atoms with van der Waals surface area (Å²) in [7, 11) is 0. The van der Waals surface area contributed by atoms with Gasteiger partial charge in [-0.3, -0.25) is 4.79 Å². The van der Waals surface area contributed by atoms with E-state index in [-0.39, 0.29) is 5.91 Å². The van der Waals surface area contributed by atoms with Gasteiger partial charge in [0, 0.05) is 15.8 Å². The number of nitrogen functional groups attached to an aromatic ring is 1. The second kappa shape index (κ2) is 5.45. The van der Waals surface area contributed by atoms with Crippen LogP contribution >= 0.6 is 15.9 Å². The maximum atomic E-state index is 12.2. The Bertz CT molecular complexity index is 638. The molecular weight excluding hydrogens is 304 g/mol. The van der Waals surface area contributed by atoms with Gasteiger partial charge in [0.15, 0.2) is 0 Å². The van der Waals surface area contributed by atoms with Crippen molar-refractivity contribution in [1.29, 1.82) is 0 Å². The van der Waals surface area contributed by atoms with E-state index in [4.69, 9.17) is 5.73 Å². The molecule has 0 spiro atoms. The molecule has 0 aromatic heterocycles. The van der Waals surface area contributed by atoms with Crippen molar-refractivity contribution in [3.63, 3.8) is 0 Å². The summed E-state index contributed by atoms with van der Waals surface area (Å²) in [4.78, 5) is 12.2. The van der Waals surface area contributed by atoms with Crippen molar-refractivity contribution in [2.75, 3.05) is 11.1 Å². The highest BCUT2D eigenvalue weighted by atomic mass is 79.9. The van der Waals surface area contributed by atoms with E-state index in [1.54, 1.807) is 12.1 Å². The van der Waals surface area contributed by atoms with Crippen LogP contribution < -0.4 is 11.1 Å². The van der Waals surface area contributed by atoms with Gasteiger partial charge in [-0.1, -0.05) is 6.07 Å². The summed E-state index contributed by atoms with van der Waals surface area (Å²) >= 11 is 3.41. The molecule has 4 heteroatoms. The smallest absolute Gasteiger partial charge is 0.256 e. The van der Waals surface area contributed by atoms with Crippen LogP contribution in [0.2, 0.25) is 0 Å². The predicted molar refractivity (Wildman–Crippen MR) is 82.4 cm³/mol. The molecule has 0 fully saturated rings. The molecule has 1 amide bonds. The minimum absolute atomic E-state index is 0.139. The van der Waals surface area contributed by atoms with Crippen molar-refractivity contribution in [2.24, 2.45) is 0 Å². The fraction of sp³-hybridized carbons (Fsp3) is 0.133. The number of carbonyl (C=O) groups is 1. The molecule has 19 heavy (non-hydrogen) atoms. The Morgan fingerprint density at radius 1 is 1.16 bits per heavy atom. The van der Waals surface area contributed by atoms with Gasteiger partial charge in [0.05, 0.1) is 5.56 Å². The summed E-state index contributed by atoms with van der Waals surface area (Å²) in [6.07, 6.45) is 0. The zero-order valence-electron chi connectivity index (χ0n) is 10.8. The Morgan fingerprint density at radius 2 is 1.89 bits per heavy atom. The van der Waals surface area contributed by atoms with Crippen LogP contribution in [0.15, 0.2) is 40.9 Å².